The Morgan fingerprint density at radius 2 is 2.57 bits per heavy atom. The van der Waals surface area contributed by atoms with Crippen molar-refractivity contribution in [2.45, 2.75) is 25.3 Å². The third-order valence-corrected chi connectivity index (χ3v) is 2.44. The van der Waals surface area contributed by atoms with Gasteiger partial charge >= 0.3 is 0 Å². The van der Waals surface area contributed by atoms with E-state index >= 15 is 0 Å². The molecule has 1 fully saturated rings. The van der Waals surface area contributed by atoms with Crippen molar-refractivity contribution in [1.29, 1.82) is 0 Å². The maximum atomic E-state index is 8.74. The van der Waals surface area contributed by atoms with Crippen LogP contribution >= 0.6 is 0 Å². The van der Waals surface area contributed by atoms with Crippen molar-refractivity contribution in [2.24, 2.45) is 0 Å². The number of aromatic nitrogens is 3. The number of hydrogen-bond acceptors (Lipinski definition) is 4. The third-order valence-electron chi connectivity index (χ3n) is 2.44. The lowest BCUT2D eigenvalue weighted by atomic mass is 10.1. The number of hydrogen-bond donors (Lipinski definition) is 1. The summed E-state index contributed by atoms with van der Waals surface area (Å²) in [4.78, 5) is 0. The van der Waals surface area contributed by atoms with Gasteiger partial charge in [-0.2, -0.15) is 0 Å². The summed E-state index contributed by atoms with van der Waals surface area (Å²) in [6, 6.07) is 0.323. The van der Waals surface area contributed by atoms with Gasteiger partial charge in [-0.15, -0.1) is 5.10 Å². The number of ether oxygens (including phenoxy) is 1. The Hall–Kier alpha value is -0.940. The van der Waals surface area contributed by atoms with E-state index in [0.29, 0.717) is 12.5 Å². The Labute approximate surface area is 82.7 Å². The molecule has 1 aromatic heterocycles. The van der Waals surface area contributed by atoms with E-state index in [2.05, 4.69) is 10.3 Å². The highest BCUT2D eigenvalue weighted by Crippen LogP contribution is 2.18. The van der Waals surface area contributed by atoms with Crippen LogP contribution in [-0.4, -0.2) is 39.9 Å². The zero-order valence-corrected chi connectivity index (χ0v) is 8.09. The first kappa shape index (κ1) is 9.61. The largest absolute Gasteiger partial charge is 0.396 e. The summed E-state index contributed by atoms with van der Waals surface area (Å²) in [6.45, 7) is 1.70. The van der Waals surface area contributed by atoms with Crippen LogP contribution in [0.1, 0.15) is 24.6 Å². The minimum absolute atomic E-state index is 0.125. The molecule has 5 heteroatoms. The molecule has 2 heterocycles. The third kappa shape index (κ3) is 2.10. The molecule has 0 bridgehead atoms. The van der Waals surface area contributed by atoms with Crippen molar-refractivity contribution in [3.8, 4) is 0 Å². The second-order valence-corrected chi connectivity index (χ2v) is 3.53. The standard InChI is InChI=1S/C9H15N3O2/c13-4-3-8-6-12(11-10-8)9-2-1-5-14-7-9/h6,9,13H,1-5,7H2. The van der Waals surface area contributed by atoms with E-state index in [1.807, 2.05) is 10.9 Å². The molecule has 1 atom stereocenters. The molecule has 0 saturated carbocycles. The van der Waals surface area contributed by atoms with Gasteiger partial charge in [0.25, 0.3) is 0 Å². The summed E-state index contributed by atoms with van der Waals surface area (Å²) in [6.07, 6.45) is 4.66. The van der Waals surface area contributed by atoms with Gasteiger partial charge < -0.3 is 9.84 Å². The predicted octanol–water partition coefficient (Wildman–Crippen LogP) is 0.164. The van der Waals surface area contributed by atoms with Gasteiger partial charge in [0.1, 0.15) is 0 Å². The molecule has 1 aliphatic rings. The van der Waals surface area contributed by atoms with Crippen LogP contribution in [0.3, 0.4) is 0 Å². The molecular formula is C9H15N3O2. The minimum Gasteiger partial charge on any atom is -0.396 e. The quantitative estimate of drug-likeness (QED) is 0.750. The molecule has 1 N–H and O–H groups in total. The molecule has 1 saturated heterocycles. The molecule has 5 nitrogen and oxygen atoms in total. The number of aliphatic hydroxyl groups is 1. The Bertz CT molecular complexity index is 281. The maximum absolute atomic E-state index is 8.74. The summed E-state index contributed by atoms with van der Waals surface area (Å²) < 4.78 is 7.22. The van der Waals surface area contributed by atoms with Crippen molar-refractivity contribution in [2.75, 3.05) is 19.8 Å². The van der Waals surface area contributed by atoms with E-state index in [-0.39, 0.29) is 6.61 Å². The monoisotopic (exact) mass is 197 g/mol. The normalized spacial score (nSPS) is 22.5. The van der Waals surface area contributed by atoms with E-state index in [0.717, 1.165) is 31.7 Å². The fourth-order valence-electron chi connectivity index (χ4n) is 1.65. The highest BCUT2D eigenvalue weighted by Gasteiger charge is 2.16. The minimum atomic E-state index is 0.125. The summed E-state index contributed by atoms with van der Waals surface area (Å²) in [5.41, 5.74) is 0.845. The molecule has 0 aromatic carbocycles. The summed E-state index contributed by atoms with van der Waals surface area (Å²) in [5.74, 6) is 0. The molecule has 0 aliphatic carbocycles. The van der Waals surface area contributed by atoms with Gasteiger partial charge in [-0.05, 0) is 12.8 Å². The number of rotatable bonds is 3. The van der Waals surface area contributed by atoms with Crippen LogP contribution in [0, 0.1) is 0 Å². The van der Waals surface area contributed by atoms with Gasteiger partial charge in [0.05, 0.1) is 18.3 Å². The lowest BCUT2D eigenvalue weighted by Gasteiger charge is -2.21. The van der Waals surface area contributed by atoms with Gasteiger partial charge in [0.2, 0.25) is 0 Å². The van der Waals surface area contributed by atoms with Crippen molar-refractivity contribution < 1.29 is 9.84 Å². The average molecular weight is 197 g/mol. The van der Waals surface area contributed by atoms with E-state index in [9.17, 15) is 0 Å². The van der Waals surface area contributed by atoms with Crippen LogP contribution in [0.4, 0.5) is 0 Å². The topological polar surface area (TPSA) is 60.2 Å². The molecule has 1 aliphatic heterocycles. The fourth-order valence-corrected chi connectivity index (χ4v) is 1.65. The average Bonchev–Trinajstić information content (AvgIpc) is 2.68. The highest BCUT2D eigenvalue weighted by atomic mass is 16.5. The summed E-state index contributed by atoms with van der Waals surface area (Å²) >= 11 is 0. The predicted molar refractivity (Wildman–Crippen MR) is 49.9 cm³/mol. The van der Waals surface area contributed by atoms with Crippen LogP contribution in [0.15, 0.2) is 6.20 Å². The molecule has 2 rings (SSSR count). The molecular weight excluding hydrogens is 182 g/mol. The lowest BCUT2D eigenvalue weighted by Crippen LogP contribution is -2.21. The van der Waals surface area contributed by atoms with E-state index in [1.165, 1.54) is 0 Å². The molecule has 78 valence electrons. The summed E-state index contributed by atoms with van der Waals surface area (Å²) in [7, 11) is 0. The maximum Gasteiger partial charge on any atom is 0.0850 e. The Morgan fingerprint density at radius 1 is 1.64 bits per heavy atom. The van der Waals surface area contributed by atoms with Crippen molar-refractivity contribution in [3.05, 3.63) is 11.9 Å². The lowest BCUT2D eigenvalue weighted by molar-refractivity contribution is 0.0543. The Balaban J connectivity index is 2.00. The van der Waals surface area contributed by atoms with Crippen molar-refractivity contribution in [3.63, 3.8) is 0 Å². The second-order valence-electron chi connectivity index (χ2n) is 3.53. The van der Waals surface area contributed by atoms with E-state index < -0.39 is 0 Å². The Kier molecular flexibility index (Phi) is 3.10. The van der Waals surface area contributed by atoms with Crippen LogP contribution < -0.4 is 0 Å². The van der Waals surface area contributed by atoms with Gasteiger partial charge in [0.15, 0.2) is 0 Å². The SMILES string of the molecule is OCCc1cn(C2CCCOC2)nn1. The fraction of sp³-hybridized carbons (Fsp3) is 0.778. The Morgan fingerprint density at radius 3 is 3.29 bits per heavy atom. The first-order valence-corrected chi connectivity index (χ1v) is 4.99. The summed E-state index contributed by atoms with van der Waals surface area (Å²) in [5, 5.41) is 16.8. The number of nitrogens with zero attached hydrogens (tertiary/aromatic N) is 3. The molecule has 14 heavy (non-hydrogen) atoms. The first-order chi connectivity index (χ1) is 6.90. The zero-order valence-electron chi connectivity index (χ0n) is 8.09. The van der Waals surface area contributed by atoms with Crippen LogP contribution in [0.25, 0.3) is 0 Å². The highest BCUT2D eigenvalue weighted by molar-refractivity contribution is 4.93. The van der Waals surface area contributed by atoms with Crippen LogP contribution in [-0.2, 0) is 11.2 Å². The van der Waals surface area contributed by atoms with E-state index in [4.69, 9.17) is 9.84 Å². The van der Waals surface area contributed by atoms with Gasteiger partial charge in [-0.1, -0.05) is 5.21 Å². The van der Waals surface area contributed by atoms with Crippen molar-refractivity contribution >= 4 is 0 Å². The van der Waals surface area contributed by atoms with Crippen LogP contribution in [0.5, 0.6) is 0 Å². The number of aliphatic hydroxyl groups excluding tert-OH is 1. The van der Waals surface area contributed by atoms with Gasteiger partial charge in [-0.3, -0.25) is 0 Å². The van der Waals surface area contributed by atoms with E-state index in [1.54, 1.807) is 0 Å². The van der Waals surface area contributed by atoms with Gasteiger partial charge in [0, 0.05) is 25.8 Å². The molecule has 1 unspecified atom stereocenters. The van der Waals surface area contributed by atoms with Gasteiger partial charge in [-0.25, -0.2) is 4.68 Å². The van der Waals surface area contributed by atoms with Crippen molar-refractivity contribution in [1.82, 2.24) is 15.0 Å². The molecule has 0 spiro atoms. The molecule has 0 radical (unpaired) electrons. The smallest absolute Gasteiger partial charge is 0.0850 e. The van der Waals surface area contributed by atoms with Crippen LogP contribution in [0.2, 0.25) is 0 Å². The zero-order chi connectivity index (χ0) is 9.80. The molecule has 1 aromatic rings. The molecule has 0 amide bonds. The second kappa shape index (κ2) is 4.52. The first-order valence-electron chi connectivity index (χ1n) is 4.99.